The molecule has 0 aliphatic rings. The van der Waals surface area contributed by atoms with Crippen LogP contribution in [0.4, 0.5) is 5.69 Å². The number of hydrogen-bond donors (Lipinski definition) is 2. The minimum absolute atomic E-state index is 0.156. The molecule has 0 heterocycles. The van der Waals surface area contributed by atoms with Gasteiger partial charge < -0.3 is 15.6 Å². The van der Waals surface area contributed by atoms with E-state index in [1.54, 1.807) is 6.07 Å². The van der Waals surface area contributed by atoms with Crippen LogP contribution in [0.1, 0.15) is 18.1 Å². The van der Waals surface area contributed by atoms with Gasteiger partial charge in [-0.1, -0.05) is 6.07 Å². The summed E-state index contributed by atoms with van der Waals surface area (Å²) in [6, 6.07) is 4.36. The highest BCUT2D eigenvalue weighted by atomic mass is 16.6. The molecule has 0 aliphatic heterocycles. The van der Waals surface area contributed by atoms with Gasteiger partial charge in [-0.15, -0.1) is 0 Å². The summed E-state index contributed by atoms with van der Waals surface area (Å²) in [6.45, 7) is 0.320. The normalized spacial score (nSPS) is 12.2. The highest BCUT2D eigenvalue weighted by Crippen LogP contribution is 2.30. The van der Waals surface area contributed by atoms with E-state index in [2.05, 4.69) is 0 Å². The number of rotatable bonds is 5. The SMILES string of the molecule is COc1ccc(C(O)CCN)cc1[N+](=O)[O-]. The largest absolute Gasteiger partial charge is 0.490 e. The molecule has 0 saturated heterocycles. The van der Waals surface area contributed by atoms with Gasteiger partial charge >= 0.3 is 5.69 Å². The van der Waals surface area contributed by atoms with Crippen LogP contribution in [0, 0.1) is 10.1 Å². The Kier molecular flexibility index (Phi) is 4.21. The van der Waals surface area contributed by atoms with E-state index in [9.17, 15) is 15.2 Å². The zero-order chi connectivity index (χ0) is 12.1. The van der Waals surface area contributed by atoms with Gasteiger partial charge in [-0.2, -0.15) is 0 Å². The summed E-state index contributed by atoms with van der Waals surface area (Å²) >= 11 is 0. The van der Waals surface area contributed by atoms with Crippen LogP contribution in [0.5, 0.6) is 5.75 Å². The molecule has 0 amide bonds. The van der Waals surface area contributed by atoms with Crippen LogP contribution in [0.3, 0.4) is 0 Å². The molecule has 0 bridgehead atoms. The first-order chi connectivity index (χ1) is 7.60. The van der Waals surface area contributed by atoms with E-state index in [1.165, 1.54) is 19.2 Å². The number of benzene rings is 1. The first kappa shape index (κ1) is 12.4. The Balaban J connectivity index is 3.06. The predicted octanol–water partition coefficient (Wildman–Crippen LogP) is 0.986. The summed E-state index contributed by atoms with van der Waals surface area (Å²) in [5.74, 6) is 0.175. The van der Waals surface area contributed by atoms with Crippen LogP contribution in [0.25, 0.3) is 0 Å². The molecule has 16 heavy (non-hydrogen) atoms. The third kappa shape index (κ3) is 2.68. The molecular weight excluding hydrogens is 212 g/mol. The van der Waals surface area contributed by atoms with Crippen molar-refractivity contribution in [3.05, 3.63) is 33.9 Å². The third-order valence-electron chi connectivity index (χ3n) is 2.22. The van der Waals surface area contributed by atoms with Gasteiger partial charge in [0.1, 0.15) is 0 Å². The summed E-state index contributed by atoms with van der Waals surface area (Å²) < 4.78 is 4.85. The van der Waals surface area contributed by atoms with Gasteiger partial charge in [0.15, 0.2) is 5.75 Å². The van der Waals surface area contributed by atoms with E-state index < -0.39 is 11.0 Å². The molecule has 0 aromatic heterocycles. The number of nitro groups is 1. The molecule has 1 atom stereocenters. The first-order valence-electron chi connectivity index (χ1n) is 4.80. The van der Waals surface area contributed by atoms with Crippen molar-refractivity contribution in [2.24, 2.45) is 5.73 Å². The molecule has 88 valence electrons. The second kappa shape index (κ2) is 5.43. The van der Waals surface area contributed by atoms with Gasteiger partial charge in [0.05, 0.1) is 18.1 Å². The van der Waals surface area contributed by atoms with Crippen LogP contribution in [0.15, 0.2) is 18.2 Å². The van der Waals surface area contributed by atoms with Crippen molar-refractivity contribution in [2.45, 2.75) is 12.5 Å². The minimum Gasteiger partial charge on any atom is -0.490 e. The predicted molar refractivity (Wildman–Crippen MR) is 58.3 cm³/mol. The van der Waals surface area contributed by atoms with Gasteiger partial charge in [0.2, 0.25) is 0 Å². The number of aliphatic hydroxyl groups excluding tert-OH is 1. The van der Waals surface area contributed by atoms with Crippen molar-refractivity contribution in [2.75, 3.05) is 13.7 Å². The summed E-state index contributed by atoms with van der Waals surface area (Å²) in [4.78, 5) is 10.2. The Bertz CT molecular complexity index is 381. The maximum atomic E-state index is 10.7. The maximum absolute atomic E-state index is 10.7. The van der Waals surface area contributed by atoms with E-state index >= 15 is 0 Å². The second-order valence-electron chi connectivity index (χ2n) is 3.28. The lowest BCUT2D eigenvalue weighted by Crippen LogP contribution is -2.07. The molecule has 0 aliphatic carbocycles. The smallest absolute Gasteiger partial charge is 0.311 e. The molecule has 0 radical (unpaired) electrons. The van der Waals surface area contributed by atoms with E-state index in [0.717, 1.165) is 0 Å². The zero-order valence-electron chi connectivity index (χ0n) is 8.92. The minimum atomic E-state index is -0.783. The van der Waals surface area contributed by atoms with E-state index in [-0.39, 0.29) is 11.4 Å². The molecule has 1 rings (SSSR count). The lowest BCUT2D eigenvalue weighted by atomic mass is 10.1. The van der Waals surface area contributed by atoms with Crippen molar-refractivity contribution in [1.29, 1.82) is 0 Å². The van der Waals surface area contributed by atoms with Crippen molar-refractivity contribution < 1.29 is 14.8 Å². The molecule has 1 aromatic carbocycles. The maximum Gasteiger partial charge on any atom is 0.311 e. The third-order valence-corrected chi connectivity index (χ3v) is 2.22. The van der Waals surface area contributed by atoms with Gasteiger partial charge in [-0.25, -0.2) is 0 Å². The van der Waals surface area contributed by atoms with Crippen LogP contribution < -0.4 is 10.5 Å². The number of nitrogens with two attached hydrogens (primary N) is 1. The van der Waals surface area contributed by atoms with Gasteiger partial charge in [0, 0.05) is 6.07 Å². The lowest BCUT2D eigenvalue weighted by molar-refractivity contribution is -0.385. The quantitative estimate of drug-likeness (QED) is 0.576. The Morgan fingerprint density at radius 3 is 2.81 bits per heavy atom. The van der Waals surface area contributed by atoms with Gasteiger partial charge in [-0.3, -0.25) is 10.1 Å². The first-order valence-corrected chi connectivity index (χ1v) is 4.80. The van der Waals surface area contributed by atoms with Crippen LogP contribution in [-0.4, -0.2) is 23.7 Å². The lowest BCUT2D eigenvalue weighted by Gasteiger charge is -2.10. The molecule has 0 fully saturated rings. The highest BCUT2D eigenvalue weighted by Gasteiger charge is 2.17. The van der Waals surface area contributed by atoms with Crippen molar-refractivity contribution >= 4 is 5.69 Å². The standard InChI is InChI=1S/C10H14N2O4/c1-16-10-3-2-7(9(13)4-5-11)6-8(10)12(14)15/h2-3,6,9,13H,4-5,11H2,1H3. The fourth-order valence-corrected chi connectivity index (χ4v) is 1.38. The Morgan fingerprint density at radius 2 is 2.31 bits per heavy atom. The van der Waals surface area contributed by atoms with E-state index in [0.29, 0.717) is 18.5 Å². The summed E-state index contributed by atoms with van der Waals surface area (Å²) in [5.41, 5.74) is 5.62. The van der Waals surface area contributed by atoms with Crippen LogP contribution in [0.2, 0.25) is 0 Å². The molecule has 3 N–H and O–H groups in total. The summed E-state index contributed by atoms with van der Waals surface area (Å²) in [7, 11) is 1.36. The number of nitro benzene ring substituents is 1. The molecule has 6 nitrogen and oxygen atoms in total. The fourth-order valence-electron chi connectivity index (χ4n) is 1.38. The van der Waals surface area contributed by atoms with Gasteiger partial charge in [0.25, 0.3) is 0 Å². The highest BCUT2D eigenvalue weighted by molar-refractivity contribution is 5.49. The van der Waals surface area contributed by atoms with Gasteiger partial charge in [-0.05, 0) is 24.6 Å². The number of methoxy groups -OCH3 is 1. The molecule has 6 heteroatoms. The van der Waals surface area contributed by atoms with Crippen LogP contribution in [-0.2, 0) is 0 Å². The van der Waals surface area contributed by atoms with E-state index in [1.807, 2.05) is 0 Å². The Hall–Kier alpha value is -1.66. The molecule has 1 unspecified atom stereocenters. The fraction of sp³-hybridized carbons (Fsp3) is 0.400. The Labute approximate surface area is 92.8 Å². The second-order valence-corrected chi connectivity index (χ2v) is 3.28. The zero-order valence-corrected chi connectivity index (χ0v) is 8.92. The van der Waals surface area contributed by atoms with Crippen molar-refractivity contribution in [3.8, 4) is 5.75 Å². The monoisotopic (exact) mass is 226 g/mol. The summed E-state index contributed by atoms with van der Waals surface area (Å²) in [6.07, 6.45) is -0.418. The molecule has 0 saturated carbocycles. The summed E-state index contributed by atoms with van der Waals surface area (Å²) in [5, 5.41) is 20.4. The average molecular weight is 226 g/mol. The Morgan fingerprint density at radius 1 is 1.62 bits per heavy atom. The molecule has 1 aromatic rings. The number of ether oxygens (including phenoxy) is 1. The van der Waals surface area contributed by atoms with Crippen LogP contribution >= 0.6 is 0 Å². The van der Waals surface area contributed by atoms with E-state index in [4.69, 9.17) is 10.5 Å². The van der Waals surface area contributed by atoms with Crippen molar-refractivity contribution in [3.63, 3.8) is 0 Å². The topological polar surface area (TPSA) is 98.6 Å². The molecular formula is C10H14N2O4. The van der Waals surface area contributed by atoms with Crippen molar-refractivity contribution in [1.82, 2.24) is 0 Å². The number of hydrogen-bond acceptors (Lipinski definition) is 5. The average Bonchev–Trinajstić information content (AvgIpc) is 2.28. The number of nitrogens with zero attached hydrogens (tertiary/aromatic N) is 1. The number of aliphatic hydroxyl groups is 1. The molecule has 0 spiro atoms.